The molecule has 9 nitrogen and oxygen atoms in total. The number of ether oxygens (including phenoxy) is 3. The molecule has 202 valence electrons. The lowest BCUT2D eigenvalue weighted by molar-refractivity contribution is 0.0692. The summed E-state index contributed by atoms with van der Waals surface area (Å²) in [5.74, 6) is -0.451. The average molecular weight is 538 g/mol. The van der Waals surface area contributed by atoms with E-state index in [0.29, 0.717) is 30.2 Å². The summed E-state index contributed by atoms with van der Waals surface area (Å²) in [7, 11) is 0. The number of pyridine rings is 1. The quantitative estimate of drug-likeness (QED) is 0.222. The third-order valence-electron chi connectivity index (χ3n) is 7.07. The van der Waals surface area contributed by atoms with Crippen LogP contribution in [0.3, 0.4) is 0 Å². The van der Waals surface area contributed by atoms with Gasteiger partial charge < -0.3 is 24.3 Å². The highest BCUT2D eigenvalue weighted by molar-refractivity contribution is 6.18. The van der Waals surface area contributed by atoms with Gasteiger partial charge in [-0.1, -0.05) is 42.5 Å². The highest BCUT2D eigenvalue weighted by Gasteiger charge is 2.22. The fraction of sp³-hybridized carbons (Fsp3) is 0.194. The molecule has 3 aromatic carbocycles. The maximum absolute atomic E-state index is 12.6. The van der Waals surface area contributed by atoms with Crippen LogP contribution in [0.4, 0.5) is 10.5 Å². The van der Waals surface area contributed by atoms with E-state index in [4.69, 9.17) is 14.2 Å². The molecule has 0 aliphatic carbocycles. The van der Waals surface area contributed by atoms with Crippen LogP contribution in [0.15, 0.2) is 72.9 Å². The van der Waals surface area contributed by atoms with Gasteiger partial charge in [-0.2, -0.15) is 0 Å². The summed E-state index contributed by atoms with van der Waals surface area (Å²) >= 11 is 0. The van der Waals surface area contributed by atoms with Gasteiger partial charge >= 0.3 is 12.1 Å². The molecule has 0 spiro atoms. The first-order valence-electron chi connectivity index (χ1n) is 13.0. The number of nitrogens with zero attached hydrogens (tertiary/aromatic N) is 1. The third kappa shape index (κ3) is 4.94. The van der Waals surface area contributed by atoms with Crippen LogP contribution in [0.5, 0.6) is 5.75 Å². The Balaban J connectivity index is 1.36. The van der Waals surface area contributed by atoms with Crippen LogP contribution >= 0.6 is 0 Å². The number of amides is 1. The number of anilines is 1. The van der Waals surface area contributed by atoms with Crippen molar-refractivity contribution in [1.29, 1.82) is 0 Å². The van der Waals surface area contributed by atoms with E-state index in [1.807, 2.05) is 67.6 Å². The highest BCUT2D eigenvalue weighted by Crippen LogP contribution is 2.39. The summed E-state index contributed by atoms with van der Waals surface area (Å²) in [6, 6.07) is 20.7. The van der Waals surface area contributed by atoms with Gasteiger partial charge in [0.05, 0.1) is 24.2 Å². The van der Waals surface area contributed by atoms with Crippen molar-refractivity contribution in [3.63, 3.8) is 0 Å². The van der Waals surface area contributed by atoms with E-state index >= 15 is 0 Å². The second-order valence-electron chi connectivity index (χ2n) is 9.68. The Bertz CT molecular complexity index is 1720. The number of aromatic carboxylic acids is 1. The molecule has 1 amide bonds. The molecule has 0 saturated carbocycles. The molecule has 3 heterocycles. The number of carboxylic acid groups (broad SMARTS) is 1. The Morgan fingerprint density at radius 3 is 2.73 bits per heavy atom. The fourth-order valence-corrected chi connectivity index (χ4v) is 5.06. The Morgan fingerprint density at radius 1 is 1.10 bits per heavy atom. The van der Waals surface area contributed by atoms with E-state index < -0.39 is 12.1 Å². The topological polar surface area (TPSA) is 123 Å². The van der Waals surface area contributed by atoms with Crippen LogP contribution in [0.25, 0.3) is 32.9 Å². The zero-order valence-corrected chi connectivity index (χ0v) is 21.8. The van der Waals surface area contributed by atoms with Gasteiger partial charge in [0.1, 0.15) is 18.5 Å². The van der Waals surface area contributed by atoms with Gasteiger partial charge in [0.2, 0.25) is 0 Å². The standard InChI is InChI=1S/C31H27N3O6/c1-18-22(8-5-9-25(18)34-31(37)39-16-19-6-3-2-4-7-19)24-15-32-29(30(35)36)28-27(24)23-11-10-20(14-26(23)33-28)40-21-12-13-38-17-21/h2-11,14-15,21,33H,12-13,16-17H2,1H3,(H,34,37)(H,35,36). The van der Waals surface area contributed by atoms with Gasteiger partial charge in [-0.15, -0.1) is 0 Å². The van der Waals surface area contributed by atoms with E-state index in [-0.39, 0.29) is 18.4 Å². The summed E-state index contributed by atoms with van der Waals surface area (Å²) in [6.07, 6.45) is 1.82. The van der Waals surface area contributed by atoms with Crippen molar-refractivity contribution in [2.45, 2.75) is 26.1 Å². The number of rotatable bonds is 7. The number of nitrogens with one attached hydrogen (secondary N) is 2. The van der Waals surface area contributed by atoms with Crippen LogP contribution in [0.1, 0.15) is 28.0 Å². The van der Waals surface area contributed by atoms with Crippen LogP contribution in [-0.2, 0) is 16.1 Å². The maximum atomic E-state index is 12.6. The molecule has 9 heteroatoms. The van der Waals surface area contributed by atoms with Gasteiger partial charge in [0.25, 0.3) is 0 Å². The number of hydrogen-bond acceptors (Lipinski definition) is 6. The molecule has 40 heavy (non-hydrogen) atoms. The molecule has 2 aromatic heterocycles. The average Bonchev–Trinajstić information content (AvgIpc) is 3.61. The Labute approximate surface area is 229 Å². The van der Waals surface area contributed by atoms with Gasteiger partial charge in [0, 0.05) is 40.7 Å². The van der Waals surface area contributed by atoms with Crippen molar-refractivity contribution in [3.05, 3.63) is 89.7 Å². The minimum absolute atomic E-state index is 0.00842. The number of fused-ring (bicyclic) bond motifs is 3. The highest BCUT2D eigenvalue weighted by atomic mass is 16.6. The largest absolute Gasteiger partial charge is 0.488 e. The normalized spacial score (nSPS) is 14.9. The predicted octanol–water partition coefficient (Wildman–Crippen LogP) is 6.31. The van der Waals surface area contributed by atoms with Gasteiger partial charge in [0.15, 0.2) is 5.69 Å². The second kappa shape index (κ2) is 10.7. The van der Waals surface area contributed by atoms with Crippen LogP contribution in [0, 0.1) is 6.92 Å². The number of aromatic amines is 1. The number of benzene rings is 3. The number of carboxylic acids is 1. The lowest BCUT2D eigenvalue weighted by atomic mass is 9.96. The third-order valence-corrected chi connectivity index (χ3v) is 7.07. The summed E-state index contributed by atoms with van der Waals surface area (Å²) < 4.78 is 16.9. The Morgan fingerprint density at radius 2 is 1.95 bits per heavy atom. The molecular formula is C31H27N3O6. The summed E-state index contributed by atoms with van der Waals surface area (Å²) in [5.41, 5.74) is 4.89. The van der Waals surface area contributed by atoms with Crippen molar-refractivity contribution < 1.29 is 28.9 Å². The van der Waals surface area contributed by atoms with Crippen LogP contribution < -0.4 is 10.1 Å². The molecule has 1 aliphatic heterocycles. The predicted molar refractivity (Wildman–Crippen MR) is 151 cm³/mol. The van der Waals surface area contributed by atoms with Crippen LogP contribution in [-0.4, -0.2) is 46.5 Å². The minimum atomic E-state index is -1.13. The smallest absolute Gasteiger partial charge is 0.411 e. The monoisotopic (exact) mass is 537 g/mol. The number of aromatic nitrogens is 2. The molecule has 1 unspecified atom stereocenters. The van der Waals surface area contributed by atoms with Crippen LogP contribution in [0.2, 0.25) is 0 Å². The lowest BCUT2D eigenvalue weighted by Crippen LogP contribution is -2.15. The molecule has 3 N–H and O–H groups in total. The van der Waals surface area contributed by atoms with E-state index in [9.17, 15) is 14.7 Å². The molecule has 1 atom stereocenters. The zero-order chi connectivity index (χ0) is 27.6. The van der Waals surface area contributed by atoms with Gasteiger partial charge in [-0.25, -0.2) is 14.6 Å². The van der Waals surface area contributed by atoms with E-state index in [1.54, 1.807) is 12.3 Å². The minimum Gasteiger partial charge on any atom is -0.488 e. The number of H-pyrrole nitrogens is 1. The lowest BCUT2D eigenvalue weighted by Gasteiger charge is -2.14. The van der Waals surface area contributed by atoms with Crippen molar-refractivity contribution in [2.75, 3.05) is 18.5 Å². The van der Waals surface area contributed by atoms with Crippen molar-refractivity contribution in [3.8, 4) is 16.9 Å². The van der Waals surface area contributed by atoms with Crippen molar-refractivity contribution in [1.82, 2.24) is 9.97 Å². The number of carbonyl (C=O) groups excluding carboxylic acids is 1. The molecular weight excluding hydrogens is 510 g/mol. The summed E-state index contributed by atoms with van der Waals surface area (Å²) in [6.45, 7) is 3.27. The zero-order valence-electron chi connectivity index (χ0n) is 21.8. The van der Waals surface area contributed by atoms with E-state index in [0.717, 1.165) is 45.0 Å². The molecule has 0 bridgehead atoms. The maximum Gasteiger partial charge on any atom is 0.411 e. The Hall–Kier alpha value is -4.89. The SMILES string of the molecule is Cc1c(NC(=O)OCc2ccccc2)cccc1-c1cnc(C(=O)O)c2[nH]c3cc(OC4CCOC4)ccc3c12. The summed E-state index contributed by atoms with van der Waals surface area (Å²) in [5, 5.41) is 14.3. The fourth-order valence-electron chi connectivity index (χ4n) is 5.06. The van der Waals surface area contributed by atoms with E-state index in [1.165, 1.54) is 0 Å². The first kappa shape index (κ1) is 25.4. The van der Waals surface area contributed by atoms with E-state index in [2.05, 4.69) is 15.3 Å². The first-order chi connectivity index (χ1) is 19.5. The first-order valence-corrected chi connectivity index (χ1v) is 13.0. The number of carbonyl (C=O) groups is 2. The van der Waals surface area contributed by atoms with Gasteiger partial charge in [-0.3, -0.25) is 5.32 Å². The molecule has 0 radical (unpaired) electrons. The molecule has 1 fully saturated rings. The Kier molecular flexibility index (Phi) is 6.79. The molecule has 5 aromatic rings. The van der Waals surface area contributed by atoms with Crippen molar-refractivity contribution >= 4 is 39.6 Å². The summed E-state index contributed by atoms with van der Waals surface area (Å²) in [4.78, 5) is 32.2. The second-order valence-corrected chi connectivity index (χ2v) is 9.68. The van der Waals surface area contributed by atoms with Gasteiger partial charge in [-0.05, 0) is 41.8 Å². The number of hydrogen-bond donors (Lipinski definition) is 3. The molecule has 6 rings (SSSR count). The molecule has 1 aliphatic rings. The van der Waals surface area contributed by atoms with Crippen molar-refractivity contribution in [2.24, 2.45) is 0 Å². The molecule has 1 saturated heterocycles.